The molecule has 2 amide bonds. The molecule has 2 aromatic rings. The second-order valence-corrected chi connectivity index (χ2v) is 7.41. The average Bonchev–Trinajstić information content (AvgIpc) is 2.73. The topological polar surface area (TPSA) is 69.6 Å². The lowest BCUT2D eigenvalue weighted by Crippen LogP contribution is -2.50. The Morgan fingerprint density at radius 1 is 1.07 bits per heavy atom. The van der Waals surface area contributed by atoms with Gasteiger partial charge in [0.05, 0.1) is 0 Å². The molecular weight excluding hydrogens is 388 g/mol. The maximum atomic E-state index is 13.0. The summed E-state index contributed by atoms with van der Waals surface area (Å²) in [6, 6.07) is 16.4. The van der Waals surface area contributed by atoms with Gasteiger partial charge in [0.2, 0.25) is 11.8 Å². The monoisotopic (exact) mass is 416 g/mol. The summed E-state index contributed by atoms with van der Waals surface area (Å²) in [5, 5.41) is 12.5. The molecule has 0 aliphatic heterocycles. The summed E-state index contributed by atoms with van der Waals surface area (Å²) < 4.78 is 0. The predicted octanol–water partition coefficient (Wildman–Crippen LogP) is 3.58. The van der Waals surface area contributed by atoms with Crippen molar-refractivity contribution in [2.24, 2.45) is 0 Å². The van der Waals surface area contributed by atoms with Crippen LogP contribution in [0, 0.1) is 0 Å². The van der Waals surface area contributed by atoms with E-state index in [-0.39, 0.29) is 18.4 Å². The molecule has 0 aromatic heterocycles. The van der Waals surface area contributed by atoms with Gasteiger partial charge in [0.15, 0.2) is 0 Å². The third kappa shape index (κ3) is 7.52. The van der Waals surface area contributed by atoms with E-state index in [2.05, 4.69) is 5.32 Å². The number of hydrogen-bond acceptors (Lipinski definition) is 3. The van der Waals surface area contributed by atoms with Crippen LogP contribution in [-0.2, 0) is 22.6 Å². The molecule has 2 aromatic carbocycles. The number of amides is 2. The molecule has 5 nitrogen and oxygen atoms in total. The molecule has 1 unspecified atom stereocenters. The summed E-state index contributed by atoms with van der Waals surface area (Å²) in [5.74, 6) is -0.263. The number of aliphatic hydroxyl groups is 1. The Balaban J connectivity index is 2.30. The van der Waals surface area contributed by atoms with E-state index in [4.69, 9.17) is 16.7 Å². The van der Waals surface area contributed by atoms with Crippen LogP contribution in [0.3, 0.4) is 0 Å². The number of rotatable bonds is 11. The van der Waals surface area contributed by atoms with Crippen molar-refractivity contribution in [2.45, 2.75) is 45.2 Å². The standard InChI is InChI=1S/C23H29ClN2O3/c1-2-7-22(28)26(17-19-10-12-20(24)13-11-19)21(23(29)25-14-6-15-27)16-18-8-4-3-5-9-18/h3-5,8-13,21,27H,2,6-7,14-17H2,1H3,(H,25,29). The quantitative estimate of drug-likeness (QED) is 0.550. The second-order valence-electron chi connectivity index (χ2n) is 6.97. The van der Waals surface area contributed by atoms with Crippen LogP contribution in [0.4, 0.5) is 0 Å². The van der Waals surface area contributed by atoms with Crippen LogP contribution in [0.5, 0.6) is 0 Å². The van der Waals surface area contributed by atoms with Gasteiger partial charge in [-0.25, -0.2) is 0 Å². The second kappa shape index (κ2) is 12.2. The zero-order chi connectivity index (χ0) is 21.1. The molecule has 1 atom stereocenters. The van der Waals surface area contributed by atoms with E-state index in [9.17, 15) is 9.59 Å². The van der Waals surface area contributed by atoms with Crippen LogP contribution in [0.15, 0.2) is 54.6 Å². The molecule has 0 saturated carbocycles. The zero-order valence-electron chi connectivity index (χ0n) is 16.8. The molecule has 0 aliphatic carbocycles. The average molecular weight is 417 g/mol. The van der Waals surface area contributed by atoms with Crippen molar-refractivity contribution in [3.63, 3.8) is 0 Å². The summed E-state index contributed by atoms with van der Waals surface area (Å²) in [7, 11) is 0. The van der Waals surface area contributed by atoms with Crippen molar-refractivity contribution in [1.29, 1.82) is 0 Å². The van der Waals surface area contributed by atoms with Crippen LogP contribution in [0.1, 0.15) is 37.3 Å². The summed E-state index contributed by atoms with van der Waals surface area (Å²) in [4.78, 5) is 27.6. The van der Waals surface area contributed by atoms with Crippen molar-refractivity contribution in [2.75, 3.05) is 13.2 Å². The van der Waals surface area contributed by atoms with Crippen LogP contribution < -0.4 is 5.32 Å². The van der Waals surface area contributed by atoms with E-state index in [1.807, 2.05) is 49.4 Å². The first-order valence-electron chi connectivity index (χ1n) is 10.0. The van der Waals surface area contributed by atoms with Crippen LogP contribution in [0.25, 0.3) is 0 Å². The van der Waals surface area contributed by atoms with E-state index in [0.717, 1.165) is 11.1 Å². The van der Waals surface area contributed by atoms with Crippen molar-refractivity contribution in [3.8, 4) is 0 Å². The molecule has 2 rings (SSSR count). The van der Waals surface area contributed by atoms with Gasteiger partial charge >= 0.3 is 0 Å². The van der Waals surface area contributed by atoms with Gasteiger partial charge in [0.25, 0.3) is 0 Å². The number of halogens is 1. The normalized spacial score (nSPS) is 11.7. The fraction of sp³-hybridized carbons (Fsp3) is 0.391. The van der Waals surface area contributed by atoms with Crippen LogP contribution in [-0.4, -0.2) is 41.0 Å². The molecule has 6 heteroatoms. The van der Waals surface area contributed by atoms with Gasteiger partial charge in [-0.3, -0.25) is 9.59 Å². The van der Waals surface area contributed by atoms with Gasteiger partial charge in [0, 0.05) is 37.6 Å². The van der Waals surface area contributed by atoms with E-state index in [1.54, 1.807) is 17.0 Å². The molecule has 0 heterocycles. The van der Waals surface area contributed by atoms with Gasteiger partial charge in [-0.15, -0.1) is 0 Å². The van der Waals surface area contributed by atoms with E-state index < -0.39 is 6.04 Å². The highest BCUT2D eigenvalue weighted by atomic mass is 35.5. The van der Waals surface area contributed by atoms with Gasteiger partial charge in [0.1, 0.15) is 6.04 Å². The SMILES string of the molecule is CCCC(=O)N(Cc1ccc(Cl)cc1)C(Cc1ccccc1)C(=O)NCCCO. The molecule has 0 fully saturated rings. The Morgan fingerprint density at radius 2 is 1.76 bits per heavy atom. The van der Waals surface area contributed by atoms with Crippen molar-refractivity contribution in [1.82, 2.24) is 10.2 Å². The van der Waals surface area contributed by atoms with Gasteiger partial charge in [-0.05, 0) is 36.1 Å². The Morgan fingerprint density at radius 3 is 2.38 bits per heavy atom. The number of nitrogens with zero attached hydrogens (tertiary/aromatic N) is 1. The molecule has 0 radical (unpaired) electrons. The smallest absolute Gasteiger partial charge is 0.243 e. The molecule has 156 valence electrons. The maximum absolute atomic E-state index is 13.0. The Hall–Kier alpha value is -2.37. The van der Waals surface area contributed by atoms with Gasteiger partial charge < -0.3 is 15.3 Å². The first-order valence-corrected chi connectivity index (χ1v) is 10.4. The van der Waals surface area contributed by atoms with E-state index in [1.165, 1.54) is 0 Å². The van der Waals surface area contributed by atoms with E-state index in [0.29, 0.717) is 43.8 Å². The van der Waals surface area contributed by atoms with Crippen molar-refractivity contribution < 1.29 is 14.7 Å². The predicted molar refractivity (Wildman–Crippen MR) is 116 cm³/mol. The lowest BCUT2D eigenvalue weighted by atomic mass is 10.0. The Kier molecular flexibility index (Phi) is 9.68. The minimum absolute atomic E-state index is 0.00683. The molecule has 0 saturated heterocycles. The van der Waals surface area contributed by atoms with E-state index >= 15 is 0 Å². The lowest BCUT2D eigenvalue weighted by Gasteiger charge is -2.31. The highest BCUT2D eigenvalue weighted by Gasteiger charge is 2.29. The highest BCUT2D eigenvalue weighted by Crippen LogP contribution is 2.18. The molecular formula is C23H29ClN2O3. The van der Waals surface area contributed by atoms with Crippen molar-refractivity contribution >= 4 is 23.4 Å². The van der Waals surface area contributed by atoms with Gasteiger partial charge in [-0.2, -0.15) is 0 Å². The summed E-state index contributed by atoms with van der Waals surface area (Å²) in [6.07, 6.45) is 1.99. The largest absolute Gasteiger partial charge is 0.396 e. The number of aliphatic hydroxyl groups excluding tert-OH is 1. The first kappa shape index (κ1) is 22.9. The summed E-state index contributed by atoms with van der Waals surface area (Å²) in [5.41, 5.74) is 1.90. The first-order chi connectivity index (χ1) is 14.0. The van der Waals surface area contributed by atoms with Crippen LogP contribution >= 0.6 is 11.6 Å². The Labute approximate surface area is 177 Å². The lowest BCUT2D eigenvalue weighted by molar-refractivity contribution is -0.141. The van der Waals surface area contributed by atoms with Crippen molar-refractivity contribution in [3.05, 3.63) is 70.7 Å². The number of hydrogen-bond donors (Lipinski definition) is 2. The third-order valence-electron chi connectivity index (χ3n) is 4.64. The molecule has 2 N–H and O–H groups in total. The maximum Gasteiger partial charge on any atom is 0.243 e. The summed E-state index contributed by atoms with van der Waals surface area (Å²) in [6.45, 7) is 2.66. The fourth-order valence-corrected chi connectivity index (χ4v) is 3.23. The fourth-order valence-electron chi connectivity index (χ4n) is 3.11. The minimum Gasteiger partial charge on any atom is -0.396 e. The number of benzene rings is 2. The molecule has 29 heavy (non-hydrogen) atoms. The molecule has 0 bridgehead atoms. The zero-order valence-corrected chi connectivity index (χ0v) is 17.6. The minimum atomic E-state index is -0.633. The third-order valence-corrected chi connectivity index (χ3v) is 4.89. The van der Waals surface area contributed by atoms with Crippen LogP contribution in [0.2, 0.25) is 5.02 Å². The number of carbonyl (C=O) groups is 2. The summed E-state index contributed by atoms with van der Waals surface area (Å²) >= 11 is 5.99. The molecule has 0 aliphatic rings. The van der Waals surface area contributed by atoms with Gasteiger partial charge in [-0.1, -0.05) is 61.0 Å². The highest BCUT2D eigenvalue weighted by molar-refractivity contribution is 6.30. The number of carbonyl (C=O) groups excluding carboxylic acids is 2. The molecule has 0 spiro atoms. The number of nitrogens with one attached hydrogen (secondary N) is 1. The Bertz CT molecular complexity index is 765.